The lowest BCUT2D eigenvalue weighted by atomic mass is 9.99. The Kier molecular flexibility index (Phi) is 5.97. The average molecular weight is 425 g/mol. The summed E-state index contributed by atoms with van der Waals surface area (Å²) in [5, 5.41) is 15.1. The van der Waals surface area contributed by atoms with Crippen molar-refractivity contribution in [3.63, 3.8) is 0 Å². The van der Waals surface area contributed by atoms with E-state index < -0.39 is 11.0 Å². The number of benzene rings is 2. The van der Waals surface area contributed by atoms with Gasteiger partial charge in [-0.05, 0) is 50.5 Å². The smallest absolute Gasteiger partial charge is 0.279 e. The van der Waals surface area contributed by atoms with Gasteiger partial charge in [0.2, 0.25) is 12.7 Å². The number of rotatable bonds is 7. The van der Waals surface area contributed by atoms with Crippen LogP contribution in [0.15, 0.2) is 36.4 Å². The van der Waals surface area contributed by atoms with Gasteiger partial charge in [-0.25, -0.2) is 0 Å². The second-order valence-electron chi connectivity index (χ2n) is 8.04. The Labute approximate surface area is 181 Å². The Bertz CT molecular complexity index is 987. The molecule has 31 heavy (non-hydrogen) atoms. The molecule has 0 unspecified atom stereocenters. The van der Waals surface area contributed by atoms with Gasteiger partial charge in [0.25, 0.3) is 5.69 Å². The van der Waals surface area contributed by atoms with E-state index in [9.17, 15) is 14.9 Å². The Morgan fingerprint density at radius 2 is 1.94 bits per heavy atom. The van der Waals surface area contributed by atoms with Crippen molar-refractivity contribution >= 4 is 17.3 Å². The maximum absolute atomic E-state index is 13.6. The fourth-order valence-electron chi connectivity index (χ4n) is 4.45. The van der Waals surface area contributed by atoms with Crippen molar-refractivity contribution in [2.75, 3.05) is 18.2 Å². The molecule has 1 fully saturated rings. The summed E-state index contributed by atoms with van der Waals surface area (Å²) in [5.74, 6) is 0.501. The van der Waals surface area contributed by atoms with Gasteiger partial charge in [-0.2, -0.15) is 0 Å². The van der Waals surface area contributed by atoms with Gasteiger partial charge in [-0.1, -0.05) is 25.0 Å². The van der Waals surface area contributed by atoms with Gasteiger partial charge in [0.15, 0.2) is 11.5 Å². The van der Waals surface area contributed by atoms with Crippen LogP contribution in [0.3, 0.4) is 0 Å². The van der Waals surface area contributed by atoms with E-state index in [1.807, 2.05) is 43.0 Å². The van der Waals surface area contributed by atoms with E-state index >= 15 is 0 Å². The number of fused-ring (bicyclic) bond motifs is 1. The molecule has 2 aromatic rings. The standard InChI is InChI=1S/C23H27N3O5/c1-3-25(17-10-6-7-15(2)11-17)22(23(27)24-16-8-4-5-9-16)18-12-20-21(31-14-30-20)13-19(18)26(28)29/h6-7,10-13,16,22H,3-5,8-9,14H2,1-2H3,(H,24,27)/t22-/m0/s1. The Morgan fingerprint density at radius 1 is 1.23 bits per heavy atom. The van der Waals surface area contributed by atoms with E-state index in [-0.39, 0.29) is 24.4 Å². The van der Waals surface area contributed by atoms with Crippen LogP contribution >= 0.6 is 0 Å². The Morgan fingerprint density at radius 3 is 2.58 bits per heavy atom. The molecule has 1 saturated carbocycles. The molecule has 1 heterocycles. The highest BCUT2D eigenvalue weighted by Crippen LogP contribution is 2.42. The number of hydrogen-bond acceptors (Lipinski definition) is 6. The van der Waals surface area contributed by atoms with Crippen molar-refractivity contribution in [2.45, 2.75) is 51.6 Å². The SMILES string of the molecule is CCN(c1cccc(C)c1)[C@H](C(=O)NC1CCCC1)c1cc2c(cc1[N+](=O)[O-])OCO2. The normalized spacial score (nSPS) is 16.2. The fraction of sp³-hybridized carbons (Fsp3) is 0.435. The van der Waals surface area contributed by atoms with Gasteiger partial charge in [-0.15, -0.1) is 0 Å². The number of hydrogen-bond donors (Lipinski definition) is 1. The first-order chi connectivity index (χ1) is 15.0. The minimum Gasteiger partial charge on any atom is -0.454 e. The number of nitrogens with one attached hydrogen (secondary N) is 1. The van der Waals surface area contributed by atoms with Gasteiger partial charge in [0.05, 0.1) is 16.6 Å². The molecule has 1 aliphatic heterocycles. The lowest BCUT2D eigenvalue weighted by Crippen LogP contribution is -2.44. The molecule has 2 aliphatic rings. The van der Waals surface area contributed by atoms with Crippen LogP contribution in [-0.4, -0.2) is 30.2 Å². The fourth-order valence-corrected chi connectivity index (χ4v) is 4.45. The number of amides is 1. The second kappa shape index (κ2) is 8.83. The van der Waals surface area contributed by atoms with Crippen LogP contribution in [0.25, 0.3) is 0 Å². The number of carbonyl (C=O) groups is 1. The van der Waals surface area contributed by atoms with Crippen LogP contribution < -0.4 is 19.7 Å². The summed E-state index contributed by atoms with van der Waals surface area (Å²) in [4.78, 5) is 27.0. The number of carbonyl (C=O) groups excluding carboxylic acids is 1. The molecule has 0 bridgehead atoms. The molecule has 4 rings (SSSR count). The lowest BCUT2D eigenvalue weighted by molar-refractivity contribution is -0.385. The van der Waals surface area contributed by atoms with E-state index in [2.05, 4.69) is 5.32 Å². The van der Waals surface area contributed by atoms with Gasteiger partial charge in [0.1, 0.15) is 6.04 Å². The van der Waals surface area contributed by atoms with E-state index in [0.717, 1.165) is 36.9 Å². The van der Waals surface area contributed by atoms with Crippen molar-refractivity contribution in [3.8, 4) is 11.5 Å². The molecule has 164 valence electrons. The summed E-state index contributed by atoms with van der Waals surface area (Å²) in [6.45, 7) is 4.42. The first kappa shape index (κ1) is 21.0. The van der Waals surface area contributed by atoms with Crippen LogP contribution in [0.4, 0.5) is 11.4 Å². The zero-order chi connectivity index (χ0) is 22.0. The number of ether oxygens (including phenoxy) is 2. The minimum atomic E-state index is -0.873. The van der Waals surface area contributed by atoms with Crippen molar-refractivity contribution in [1.82, 2.24) is 5.32 Å². The molecule has 1 aliphatic carbocycles. The lowest BCUT2D eigenvalue weighted by Gasteiger charge is -2.33. The molecular weight excluding hydrogens is 398 g/mol. The molecule has 1 N–H and O–H groups in total. The van der Waals surface area contributed by atoms with Crippen molar-refractivity contribution in [2.24, 2.45) is 0 Å². The summed E-state index contributed by atoms with van der Waals surface area (Å²) in [7, 11) is 0. The predicted octanol–water partition coefficient (Wildman–Crippen LogP) is 4.26. The maximum atomic E-state index is 13.6. The van der Waals surface area contributed by atoms with E-state index in [1.165, 1.54) is 6.07 Å². The van der Waals surface area contributed by atoms with Crippen LogP contribution in [-0.2, 0) is 4.79 Å². The van der Waals surface area contributed by atoms with Crippen LogP contribution in [0.2, 0.25) is 0 Å². The number of aryl methyl sites for hydroxylation is 1. The average Bonchev–Trinajstić information content (AvgIpc) is 3.42. The van der Waals surface area contributed by atoms with E-state index in [1.54, 1.807) is 6.07 Å². The topological polar surface area (TPSA) is 93.9 Å². The third kappa shape index (κ3) is 4.28. The molecule has 1 atom stereocenters. The zero-order valence-corrected chi connectivity index (χ0v) is 17.8. The third-order valence-electron chi connectivity index (χ3n) is 5.95. The van der Waals surface area contributed by atoms with Crippen molar-refractivity contribution < 1.29 is 19.2 Å². The molecule has 2 aromatic carbocycles. The number of nitro groups is 1. The zero-order valence-electron chi connectivity index (χ0n) is 17.8. The molecule has 0 aromatic heterocycles. The summed E-state index contributed by atoms with van der Waals surface area (Å²) >= 11 is 0. The van der Waals surface area contributed by atoms with Crippen molar-refractivity contribution in [3.05, 3.63) is 57.6 Å². The van der Waals surface area contributed by atoms with E-state index in [4.69, 9.17) is 9.47 Å². The summed E-state index contributed by atoms with van der Waals surface area (Å²) < 4.78 is 10.8. The minimum absolute atomic E-state index is 0.00422. The van der Waals surface area contributed by atoms with E-state index in [0.29, 0.717) is 23.6 Å². The van der Waals surface area contributed by atoms with Gasteiger partial charge >= 0.3 is 0 Å². The summed E-state index contributed by atoms with van der Waals surface area (Å²) in [6, 6.07) is 9.97. The number of nitrogens with zero attached hydrogens (tertiary/aromatic N) is 2. The molecular formula is C23H27N3O5. The molecule has 0 radical (unpaired) electrons. The molecule has 1 amide bonds. The molecule has 8 nitrogen and oxygen atoms in total. The third-order valence-corrected chi connectivity index (χ3v) is 5.95. The first-order valence-corrected chi connectivity index (χ1v) is 10.7. The summed E-state index contributed by atoms with van der Waals surface area (Å²) in [5.41, 5.74) is 2.03. The monoisotopic (exact) mass is 425 g/mol. The molecule has 8 heteroatoms. The number of nitro benzene ring substituents is 1. The summed E-state index contributed by atoms with van der Waals surface area (Å²) in [6.07, 6.45) is 4.01. The highest BCUT2D eigenvalue weighted by molar-refractivity contribution is 5.88. The quantitative estimate of drug-likeness (QED) is 0.526. The Balaban J connectivity index is 1.82. The van der Waals surface area contributed by atoms with Gasteiger partial charge < -0.3 is 19.7 Å². The molecule has 0 saturated heterocycles. The molecule has 0 spiro atoms. The van der Waals surface area contributed by atoms with Crippen LogP contribution in [0, 0.1) is 17.0 Å². The Hall–Kier alpha value is -3.29. The van der Waals surface area contributed by atoms with Gasteiger partial charge in [-0.3, -0.25) is 14.9 Å². The predicted molar refractivity (Wildman–Crippen MR) is 117 cm³/mol. The van der Waals surface area contributed by atoms with Crippen LogP contribution in [0.5, 0.6) is 11.5 Å². The highest BCUT2D eigenvalue weighted by atomic mass is 16.7. The highest BCUT2D eigenvalue weighted by Gasteiger charge is 2.36. The largest absolute Gasteiger partial charge is 0.454 e. The van der Waals surface area contributed by atoms with Crippen LogP contribution in [0.1, 0.15) is 49.8 Å². The van der Waals surface area contributed by atoms with Gasteiger partial charge in [0, 0.05) is 18.3 Å². The maximum Gasteiger partial charge on any atom is 0.279 e. The van der Waals surface area contributed by atoms with Crippen molar-refractivity contribution in [1.29, 1.82) is 0 Å². The number of likely N-dealkylation sites (N-methyl/N-ethyl adjacent to an activating group) is 1. The first-order valence-electron chi connectivity index (χ1n) is 10.7. The number of anilines is 1. The second-order valence-corrected chi connectivity index (χ2v) is 8.04.